The maximum atomic E-state index is 12.9. The molecule has 122 valence electrons. The molecule has 1 aromatic heterocycles. The van der Waals surface area contributed by atoms with Crippen LogP contribution in [0.15, 0.2) is 24.3 Å². The van der Waals surface area contributed by atoms with Crippen molar-refractivity contribution >= 4 is 23.3 Å². The van der Waals surface area contributed by atoms with Crippen LogP contribution in [-0.4, -0.2) is 22.0 Å². The highest BCUT2D eigenvalue weighted by Gasteiger charge is 2.32. The molecule has 0 aliphatic heterocycles. The largest absolute Gasteiger partial charge is 0.416 e. The Morgan fingerprint density at radius 1 is 1.13 bits per heavy atom. The number of benzene rings is 1. The second-order valence-corrected chi connectivity index (χ2v) is 4.87. The number of nitrogens with zero attached hydrogens (tertiary/aromatic N) is 1. The van der Waals surface area contributed by atoms with Gasteiger partial charge in [-0.05, 0) is 25.1 Å². The third-order valence-corrected chi connectivity index (χ3v) is 2.79. The van der Waals surface area contributed by atoms with Crippen molar-refractivity contribution < 1.29 is 22.8 Å². The van der Waals surface area contributed by atoms with E-state index >= 15 is 0 Å². The Kier molecular flexibility index (Phi) is 4.39. The Bertz CT molecular complexity index is 753. The Morgan fingerprint density at radius 2 is 1.83 bits per heavy atom. The fourth-order valence-electron chi connectivity index (χ4n) is 1.87. The summed E-state index contributed by atoms with van der Waals surface area (Å²) in [5.74, 6) is -1.13. The van der Waals surface area contributed by atoms with Gasteiger partial charge in [-0.25, -0.2) is 0 Å². The van der Waals surface area contributed by atoms with E-state index in [0.717, 1.165) is 19.1 Å². The fraction of sp³-hybridized carbons (Fsp3) is 0.214. The molecule has 0 fully saturated rings. The molecule has 0 aliphatic carbocycles. The van der Waals surface area contributed by atoms with Crippen LogP contribution in [0.2, 0.25) is 0 Å². The predicted octanol–water partition coefficient (Wildman–Crippen LogP) is 2.95. The minimum absolute atomic E-state index is 0.115. The zero-order chi connectivity index (χ0) is 17.2. The number of rotatable bonds is 3. The average molecular weight is 326 g/mol. The third kappa shape index (κ3) is 4.31. The standard InChI is InChI=1S/C14H13F3N4O2/c1-7-3-12(21-20-7)19-13(23)9-4-10(14(15,16)17)6-11(5-9)18-8(2)22/h3-6H,1-2H3,(H,18,22)(H2,19,20,21,23). The number of amides is 2. The predicted molar refractivity (Wildman–Crippen MR) is 77.0 cm³/mol. The van der Waals surface area contributed by atoms with E-state index in [-0.39, 0.29) is 17.1 Å². The van der Waals surface area contributed by atoms with E-state index in [0.29, 0.717) is 11.8 Å². The highest BCUT2D eigenvalue weighted by molar-refractivity contribution is 6.05. The Hall–Kier alpha value is -2.84. The van der Waals surface area contributed by atoms with E-state index in [9.17, 15) is 22.8 Å². The van der Waals surface area contributed by atoms with Crippen molar-refractivity contribution in [3.8, 4) is 0 Å². The molecule has 2 aromatic rings. The minimum atomic E-state index is -4.65. The Morgan fingerprint density at radius 3 is 2.35 bits per heavy atom. The summed E-state index contributed by atoms with van der Waals surface area (Å²) in [6.07, 6.45) is -4.65. The van der Waals surface area contributed by atoms with Gasteiger partial charge in [0.15, 0.2) is 5.82 Å². The third-order valence-electron chi connectivity index (χ3n) is 2.79. The molecule has 0 unspecified atom stereocenters. The van der Waals surface area contributed by atoms with Crippen LogP contribution >= 0.6 is 0 Å². The molecule has 0 spiro atoms. The van der Waals surface area contributed by atoms with Gasteiger partial charge in [0.2, 0.25) is 5.91 Å². The van der Waals surface area contributed by atoms with Gasteiger partial charge in [0.25, 0.3) is 5.91 Å². The van der Waals surface area contributed by atoms with Gasteiger partial charge < -0.3 is 10.6 Å². The van der Waals surface area contributed by atoms with Gasteiger partial charge in [-0.2, -0.15) is 18.3 Å². The number of H-pyrrole nitrogens is 1. The van der Waals surface area contributed by atoms with Crippen molar-refractivity contribution in [1.29, 1.82) is 0 Å². The van der Waals surface area contributed by atoms with E-state index in [1.807, 2.05) is 0 Å². The first kappa shape index (κ1) is 16.5. The molecule has 1 aromatic carbocycles. The number of anilines is 2. The quantitative estimate of drug-likeness (QED) is 0.810. The molecular weight excluding hydrogens is 313 g/mol. The second-order valence-electron chi connectivity index (χ2n) is 4.87. The summed E-state index contributed by atoms with van der Waals surface area (Å²) in [6, 6.07) is 4.16. The first-order valence-corrected chi connectivity index (χ1v) is 6.48. The van der Waals surface area contributed by atoms with Crippen molar-refractivity contribution in [2.24, 2.45) is 0 Å². The number of alkyl halides is 3. The lowest BCUT2D eigenvalue weighted by Crippen LogP contribution is -2.16. The second kappa shape index (κ2) is 6.11. The number of halogens is 3. The topological polar surface area (TPSA) is 86.9 Å². The van der Waals surface area contributed by atoms with E-state index < -0.39 is 23.6 Å². The van der Waals surface area contributed by atoms with Crippen molar-refractivity contribution in [2.75, 3.05) is 10.6 Å². The highest BCUT2D eigenvalue weighted by atomic mass is 19.4. The molecule has 0 saturated heterocycles. The van der Waals surface area contributed by atoms with Crippen LogP contribution < -0.4 is 10.6 Å². The van der Waals surface area contributed by atoms with Crippen LogP contribution in [0, 0.1) is 6.92 Å². The highest BCUT2D eigenvalue weighted by Crippen LogP contribution is 2.32. The van der Waals surface area contributed by atoms with E-state index in [2.05, 4.69) is 20.8 Å². The van der Waals surface area contributed by atoms with Crippen LogP contribution in [0.4, 0.5) is 24.7 Å². The molecular formula is C14H13F3N4O2. The first-order valence-electron chi connectivity index (χ1n) is 6.48. The molecule has 0 aliphatic rings. The fourth-order valence-corrected chi connectivity index (χ4v) is 1.87. The summed E-state index contributed by atoms with van der Waals surface area (Å²) in [7, 11) is 0. The molecule has 3 N–H and O–H groups in total. The lowest BCUT2D eigenvalue weighted by atomic mass is 10.1. The normalized spacial score (nSPS) is 11.2. The van der Waals surface area contributed by atoms with Gasteiger partial charge in [0, 0.05) is 29.9 Å². The molecule has 0 bridgehead atoms. The molecule has 1 heterocycles. The maximum absolute atomic E-state index is 12.9. The van der Waals surface area contributed by atoms with Crippen molar-refractivity contribution in [2.45, 2.75) is 20.0 Å². The molecule has 2 rings (SSSR count). The lowest BCUT2D eigenvalue weighted by molar-refractivity contribution is -0.137. The van der Waals surface area contributed by atoms with E-state index in [1.54, 1.807) is 6.92 Å². The van der Waals surface area contributed by atoms with Gasteiger partial charge in [-0.15, -0.1) is 0 Å². The van der Waals surface area contributed by atoms with Gasteiger partial charge in [0.05, 0.1) is 5.56 Å². The summed E-state index contributed by atoms with van der Waals surface area (Å²) >= 11 is 0. The molecule has 0 radical (unpaired) electrons. The number of nitrogens with one attached hydrogen (secondary N) is 3. The number of carbonyl (C=O) groups excluding carboxylic acids is 2. The number of hydrogen-bond acceptors (Lipinski definition) is 3. The van der Waals surface area contributed by atoms with Crippen LogP contribution in [-0.2, 0) is 11.0 Å². The monoisotopic (exact) mass is 326 g/mol. The van der Waals surface area contributed by atoms with Crippen LogP contribution in [0.1, 0.15) is 28.5 Å². The number of aromatic amines is 1. The summed E-state index contributed by atoms with van der Waals surface area (Å²) in [5, 5.41) is 11.0. The van der Waals surface area contributed by atoms with Gasteiger partial charge in [-0.1, -0.05) is 0 Å². The minimum Gasteiger partial charge on any atom is -0.326 e. The number of carbonyl (C=O) groups is 2. The summed E-state index contributed by atoms with van der Waals surface area (Å²) < 4.78 is 38.8. The smallest absolute Gasteiger partial charge is 0.326 e. The van der Waals surface area contributed by atoms with E-state index in [4.69, 9.17) is 0 Å². The first-order chi connectivity index (χ1) is 10.6. The van der Waals surface area contributed by atoms with Gasteiger partial charge in [0.1, 0.15) is 0 Å². The zero-order valence-corrected chi connectivity index (χ0v) is 12.2. The lowest BCUT2D eigenvalue weighted by Gasteiger charge is -2.12. The Balaban J connectivity index is 2.35. The Labute approximate surface area is 129 Å². The van der Waals surface area contributed by atoms with Gasteiger partial charge >= 0.3 is 6.18 Å². The zero-order valence-electron chi connectivity index (χ0n) is 12.2. The molecule has 2 amide bonds. The average Bonchev–Trinajstić information content (AvgIpc) is 2.82. The summed E-state index contributed by atoms with van der Waals surface area (Å²) in [5.41, 5.74) is -0.713. The SMILES string of the molecule is CC(=O)Nc1cc(C(=O)Nc2cc(C)[nH]n2)cc(C(F)(F)F)c1. The molecule has 6 nitrogen and oxygen atoms in total. The van der Waals surface area contributed by atoms with E-state index in [1.165, 1.54) is 6.07 Å². The molecule has 23 heavy (non-hydrogen) atoms. The summed E-state index contributed by atoms with van der Waals surface area (Å²) in [4.78, 5) is 23.1. The number of hydrogen-bond donors (Lipinski definition) is 3. The van der Waals surface area contributed by atoms with Crippen LogP contribution in [0.5, 0.6) is 0 Å². The van der Waals surface area contributed by atoms with Gasteiger partial charge in [-0.3, -0.25) is 14.7 Å². The summed E-state index contributed by atoms with van der Waals surface area (Å²) in [6.45, 7) is 2.87. The van der Waals surface area contributed by atoms with Crippen molar-refractivity contribution in [3.05, 3.63) is 41.1 Å². The van der Waals surface area contributed by atoms with Crippen LogP contribution in [0.3, 0.4) is 0 Å². The number of aryl methyl sites for hydroxylation is 1. The van der Waals surface area contributed by atoms with Crippen molar-refractivity contribution in [3.63, 3.8) is 0 Å². The number of aromatic nitrogens is 2. The van der Waals surface area contributed by atoms with Crippen LogP contribution in [0.25, 0.3) is 0 Å². The molecule has 0 saturated carbocycles. The van der Waals surface area contributed by atoms with Crippen molar-refractivity contribution in [1.82, 2.24) is 10.2 Å². The molecule has 9 heteroatoms. The maximum Gasteiger partial charge on any atom is 0.416 e. The molecule has 0 atom stereocenters.